The van der Waals surface area contributed by atoms with Crippen LogP contribution in [0.2, 0.25) is 0 Å². The van der Waals surface area contributed by atoms with Crippen LogP contribution in [0.1, 0.15) is 25.8 Å². The van der Waals surface area contributed by atoms with E-state index in [2.05, 4.69) is 0 Å². The predicted octanol–water partition coefficient (Wildman–Crippen LogP) is 3.16. The molecule has 0 spiro atoms. The number of amides is 2. The highest BCUT2D eigenvalue weighted by molar-refractivity contribution is 5.93. The van der Waals surface area contributed by atoms with Crippen LogP contribution in [0.15, 0.2) is 30.5 Å². The maximum Gasteiger partial charge on any atom is 0.471 e. The van der Waals surface area contributed by atoms with Crippen molar-refractivity contribution in [1.29, 1.82) is 0 Å². The number of hydrogen-bond donors (Lipinski definition) is 0. The van der Waals surface area contributed by atoms with Crippen molar-refractivity contribution in [3.63, 3.8) is 0 Å². The van der Waals surface area contributed by atoms with Gasteiger partial charge in [-0.25, -0.2) is 4.79 Å². The third-order valence-electron chi connectivity index (χ3n) is 5.69. The molecule has 7 nitrogen and oxygen atoms in total. The Labute approximate surface area is 191 Å². The lowest BCUT2D eigenvalue weighted by molar-refractivity contribution is -0.187. The number of para-hydroxylation sites is 1. The number of carbonyl (C=O) groups excluding carboxylic acids is 3. The number of nitrogens with zero attached hydrogens (tertiary/aromatic N) is 3. The molecule has 182 valence electrons. The smallest absolute Gasteiger partial charge is 0.467 e. The number of rotatable bonds is 8. The summed E-state index contributed by atoms with van der Waals surface area (Å²) < 4.78 is 46.3. The summed E-state index contributed by atoms with van der Waals surface area (Å²) in [4.78, 5) is 39.3. The summed E-state index contributed by atoms with van der Waals surface area (Å²) in [7, 11) is 5.26. The third-order valence-corrected chi connectivity index (χ3v) is 5.69. The van der Waals surface area contributed by atoms with Gasteiger partial charge in [-0.15, -0.1) is 0 Å². The Morgan fingerprint density at radius 3 is 2.21 bits per heavy atom. The van der Waals surface area contributed by atoms with Gasteiger partial charge in [0.15, 0.2) is 0 Å². The lowest BCUT2D eigenvalue weighted by Crippen LogP contribution is -2.56. The van der Waals surface area contributed by atoms with Gasteiger partial charge in [0.05, 0.1) is 7.11 Å². The van der Waals surface area contributed by atoms with Crippen LogP contribution in [-0.4, -0.2) is 71.6 Å². The molecule has 0 aliphatic rings. The molecule has 0 aliphatic carbocycles. The van der Waals surface area contributed by atoms with Crippen molar-refractivity contribution in [2.75, 3.05) is 21.2 Å². The molecular formula is C23H30F3N3O4. The highest BCUT2D eigenvalue weighted by Gasteiger charge is 2.46. The summed E-state index contributed by atoms with van der Waals surface area (Å²) in [6.07, 6.45) is -3.32. The molecule has 10 heteroatoms. The molecule has 0 saturated carbocycles. The number of esters is 1. The first kappa shape index (κ1) is 26.2. The van der Waals surface area contributed by atoms with Crippen molar-refractivity contribution in [3.8, 4) is 0 Å². The fraction of sp³-hybridized carbons (Fsp3) is 0.522. The molecule has 1 aromatic carbocycles. The largest absolute Gasteiger partial charge is 0.471 e. The Kier molecular flexibility index (Phi) is 8.16. The number of aromatic nitrogens is 1. The maximum absolute atomic E-state index is 13.5. The number of hydrogen-bond acceptors (Lipinski definition) is 4. The van der Waals surface area contributed by atoms with Gasteiger partial charge in [0.1, 0.15) is 12.1 Å². The Morgan fingerprint density at radius 2 is 1.67 bits per heavy atom. The number of likely N-dealkylation sites (N-methyl/N-ethyl adjacent to an activating group) is 2. The molecular weight excluding hydrogens is 439 g/mol. The van der Waals surface area contributed by atoms with Crippen LogP contribution >= 0.6 is 0 Å². The van der Waals surface area contributed by atoms with E-state index in [0.29, 0.717) is 10.5 Å². The van der Waals surface area contributed by atoms with Crippen LogP contribution in [0.3, 0.4) is 0 Å². The molecule has 2 unspecified atom stereocenters. The normalized spacial score (nSPS) is 13.6. The van der Waals surface area contributed by atoms with Gasteiger partial charge in [-0.05, 0) is 24.0 Å². The lowest BCUT2D eigenvalue weighted by Gasteiger charge is -2.34. The fourth-order valence-corrected chi connectivity index (χ4v) is 3.91. The summed E-state index contributed by atoms with van der Waals surface area (Å²) in [5, 5.41) is 0.764. The first-order chi connectivity index (χ1) is 15.3. The van der Waals surface area contributed by atoms with E-state index < -0.39 is 36.0 Å². The molecule has 2 aromatic rings. The molecule has 0 N–H and O–H groups in total. The van der Waals surface area contributed by atoms with E-state index in [1.165, 1.54) is 14.2 Å². The summed E-state index contributed by atoms with van der Waals surface area (Å²) in [5.41, 5.74) is 1.45. The van der Waals surface area contributed by atoms with Crippen LogP contribution in [0.25, 0.3) is 10.9 Å². The number of halogens is 3. The molecule has 0 saturated heterocycles. The lowest BCUT2D eigenvalue weighted by atomic mass is 9.99. The molecule has 0 fully saturated rings. The van der Waals surface area contributed by atoms with E-state index in [4.69, 9.17) is 4.74 Å². The topological polar surface area (TPSA) is 71.8 Å². The number of fused-ring (bicyclic) bond motifs is 1. The Hall–Kier alpha value is -3.04. The average molecular weight is 470 g/mol. The quantitative estimate of drug-likeness (QED) is 0.557. The molecule has 2 atom stereocenters. The molecule has 1 aromatic heterocycles. The van der Waals surface area contributed by atoms with Gasteiger partial charge in [-0.2, -0.15) is 13.2 Å². The zero-order valence-corrected chi connectivity index (χ0v) is 19.6. The maximum atomic E-state index is 13.5. The molecule has 0 radical (unpaired) electrons. The molecule has 0 aliphatic heterocycles. The minimum absolute atomic E-state index is 0.00963. The van der Waals surface area contributed by atoms with Crippen molar-refractivity contribution >= 4 is 28.7 Å². The summed E-state index contributed by atoms with van der Waals surface area (Å²) in [5.74, 6) is -3.57. The van der Waals surface area contributed by atoms with Crippen LogP contribution in [0.5, 0.6) is 0 Å². The zero-order chi connectivity index (χ0) is 25.1. The van der Waals surface area contributed by atoms with E-state index in [1.54, 1.807) is 29.9 Å². The molecule has 2 amide bonds. The van der Waals surface area contributed by atoms with Gasteiger partial charge in [0.2, 0.25) is 5.91 Å². The first-order valence-electron chi connectivity index (χ1n) is 10.5. The second-order valence-electron chi connectivity index (χ2n) is 8.53. The van der Waals surface area contributed by atoms with Gasteiger partial charge in [0.25, 0.3) is 0 Å². The molecule has 1 heterocycles. The van der Waals surface area contributed by atoms with Crippen molar-refractivity contribution in [2.45, 2.75) is 44.9 Å². The first-order valence-corrected chi connectivity index (χ1v) is 10.5. The molecule has 33 heavy (non-hydrogen) atoms. The average Bonchev–Trinajstić information content (AvgIpc) is 3.08. The highest BCUT2D eigenvalue weighted by atomic mass is 19.4. The Bertz CT molecular complexity index is 1020. The number of ether oxygens (including phenoxy) is 1. The van der Waals surface area contributed by atoms with E-state index in [9.17, 15) is 27.6 Å². The van der Waals surface area contributed by atoms with Crippen molar-refractivity contribution in [1.82, 2.24) is 14.4 Å². The van der Waals surface area contributed by atoms with Crippen LogP contribution < -0.4 is 0 Å². The van der Waals surface area contributed by atoms with Gasteiger partial charge in [0, 0.05) is 44.7 Å². The predicted molar refractivity (Wildman–Crippen MR) is 117 cm³/mol. The Morgan fingerprint density at radius 1 is 1.06 bits per heavy atom. The van der Waals surface area contributed by atoms with E-state index in [0.717, 1.165) is 22.9 Å². The second-order valence-corrected chi connectivity index (χ2v) is 8.53. The number of benzene rings is 1. The van der Waals surface area contributed by atoms with Gasteiger partial charge in [-0.3, -0.25) is 9.59 Å². The van der Waals surface area contributed by atoms with Crippen LogP contribution in [-0.2, 0) is 32.6 Å². The third kappa shape index (κ3) is 5.85. The number of methoxy groups -OCH3 is 1. The SMILES string of the molecule is COC(=O)C(CC(C)C)N(C)C(=O)C(Cc1cn(C)c2ccccc12)N(C)C(=O)C(F)(F)F. The number of alkyl halides is 3. The summed E-state index contributed by atoms with van der Waals surface area (Å²) >= 11 is 0. The van der Waals surface area contributed by atoms with E-state index in [1.807, 2.05) is 26.0 Å². The van der Waals surface area contributed by atoms with Gasteiger partial charge < -0.3 is 19.1 Å². The van der Waals surface area contributed by atoms with Crippen molar-refractivity contribution in [3.05, 3.63) is 36.0 Å². The van der Waals surface area contributed by atoms with Crippen molar-refractivity contribution in [2.24, 2.45) is 13.0 Å². The summed E-state index contributed by atoms with van der Waals surface area (Å²) in [6.45, 7) is 3.70. The van der Waals surface area contributed by atoms with E-state index in [-0.39, 0.29) is 18.8 Å². The fourth-order valence-electron chi connectivity index (χ4n) is 3.91. The monoisotopic (exact) mass is 469 g/mol. The number of aryl methyl sites for hydroxylation is 1. The van der Waals surface area contributed by atoms with Crippen LogP contribution in [0.4, 0.5) is 13.2 Å². The summed E-state index contributed by atoms with van der Waals surface area (Å²) in [6, 6.07) is 4.80. The zero-order valence-electron chi connectivity index (χ0n) is 19.6. The second kappa shape index (κ2) is 10.3. The standard InChI is InChI=1S/C23H30F3N3O4/c1-14(2)11-19(21(31)33-6)28(4)20(30)18(29(5)22(32)23(24,25)26)12-15-13-27(3)17-10-8-7-9-16(15)17/h7-10,13-14,18-19H,11-12H2,1-6H3. The number of carbonyl (C=O) groups is 3. The molecule has 0 bridgehead atoms. The molecule has 2 rings (SSSR count). The van der Waals surface area contributed by atoms with E-state index >= 15 is 0 Å². The highest BCUT2D eigenvalue weighted by Crippen LogP contribution is 2.26. The van der Waals surface area contributed by atoms with Crippen LogP contribution in [0, 0.1) is 5.92 Å². The minimum atomic E-state index is -5.15. The van der Waals surface area contributed by atoms with Crippen molar-refractivity contribution < 1.29 is 32.3 Å². The Balaban J connectivity index is 2.50. The van der Waals surface area contributed by atoms with Gasteiger partial charge in [-0.1, -0.05) is 32.0 Å². The van der Waals surface area contributed by atoms with Gasteiger partial charge >= 0.3 is 18.1 Å². The minimum Gasteiger partial charge on any atom is -0.467 e.